The lowest BCUT2D eigenvalue weighted by molar-refractivity contribution is -0.122. The van der Waals surface area contributed by atoms with E-state index in [1.54, 1.807) is 41.3 Å². The summed E-state index contributed by atoms with van der Waals surface area (Å²) in [5.41, 5.74) is 3.06. The summed E-state index contributed by atoms with van der Waals surface area (Å²) in [7, 11) is 1.48. The van der Waals surface area contributed by atoms with E-state index in [0.29, 0.717) is 23.4 Å². The molecule has 3 amide bonds. The zero-order valence-corrected chi connectivity index (χ0v) is 14.4. The fourth-order valence-corrected chi connectivity index (χ4v) is 3.59. The van der Waals surface area contributed by atoms with E-state index in [9.17, 15) is 14.4 Å². The quantitative estimate of drug-likeness (QED) is 0.798. The van der Waals surface area contributed by atoms with Crippen molar-refractivity contribution < 1.29 is 19.1 Å². The molecule has 0 aliphatic carbocycles. The molecule has 0 spiro atoms. The van der Waals surface area contributed by atoms with Crippen LogP contribution in [0, 0.1) is 0 Å². The number of amides is 3. The van der Waals surface area contributed by atoms with E-state index in [1.165, 1.54) is 12.0 Å². The Morgan fingerprint density at radius 3 is 2.42 bits per heavy atom. The van der Waals surface area contributed by atoms with Gasteiger partial charge in [-0.3, -0.25) is 14.4 Å². The van der Waals surface area contributed by atoms with Crippen LogP contribution in [0.4, 0.5) is 11.4 Å². The summed E-state index contributed by atoms with van der Waals surface area (Å²) in [6, 6.07) is 12.2. The average Bonchev–Trinajstić information content (AvgIpc) is 2.92. The number of imide groups is 1. The van der Waals surface area contributed by atoms with E-state index in [-0.39, 0.29) is 24.3 Å². The summed E-state index contributed by atoms with van der Waals surface area (Å²) in [4.78, 5) is 40.6. The highest BCUT2D eigenvalue weighted by Crippen LogP contribution is 2.35. The number of hydrogen-bond donors (Lipinski definition) is 0. The molecule has 0 fully saturated rings. The van der Waals surface area contributed by atoms with Gasteiger partial charge in [0.25, 0.3) is 17.7 Å². The minimum atomic E-state index is -0.337. The highest BCUT2D eigenvalue weighted by Gasteiger charge is 2.37. The van der Waals surface area contributed by atoms with Gasteiger partial charge in [0, 0.05) is 19.3 Å². The fourth-order valence-electron chi connectivity index (χ4n) is 3.59. The molecule has 2 aliphatic heterocycles. The lowest BCUT2D eigenvalue weighted by Gasteiger charge is -2.30. The lowest BCUT2D eigenvalue weighted by Crippen LogP contribution is -2.38. The zero-order valence-electron chi connectivity index (χ0n) is 14.4. The monoisotopic (exact) mass is 350 g/mol. The van der Waals surface area contributed by atoms with Gasteiger partial charge in [0.05, 0.1) is 16.8 Å². The zero-order chi connectivity index (χ0) is 18.3. The number of nitrogens with zero attached hydrogens (tertiary/aromatic N) is 2. The van der Waals surface area contributed by atoms with E-state index < -0.39 is 0 Å². The maximum atomic E-state index is 12.7. The molecular weight excluding hydrogens is 332 g/mol. The van der Waals surface area contributed by atoms with Gasteiger partial charge in [-0.05, 0) is 42.7 Å². The molecular formula is C20H18N2O4. The highest BCUT2D eigenvalue weighted by molar-refractivity contribution is 6.34. The summed E-state index contributed by atoms with van der Waals surface area (Å²) < 4.78 is 4.97. The Morgan fingerprint density at radius 2 is 1.77 bits per heavy atom. The molecule has 2 aromatic rings. The van der Waals surface area contributed by atoms with Crippen LogP contribution in [-0.2, 0) is 16.0 Å². The van der Waals surface area contributed by atoms with E-state index in [1.807, 2.05) is 6.07 Å². The number of rotatable bonds is 3. The predicted octanol–water partition coefficient (Wildman–Crippen LogP) is 2.41. The third kappa shape index (κ3) is 2.50. The van der Waals surface area contributed by atoms with Gasteiger partial charge < -0.3 is 9.64 Å². The number of benzene rings is 2. The van der Waals surface area contributed by atoms with Crippen LogP contribution in [0.5, 0.6) is 0 Å². The fraction of sp³-hybridized carbons (Fsp3) is 0.250. The second kappa shape index (κ2) is 6.38. The number of ether oxygens (including phenoxy) is 1. The third-order valence-corrected chi connectivity index (χ3v) is 4.81. The summed E-state index contributed by atoms with van der Waals surface area (Å²) in [5, 5.41) is 0. The minimum Gasteiger partial charge on any atom is -0.375 e. The maximum absolute atomic E-state index is 12.7. The second-order valence-electron chi connectivity index (χ2n) is 6.39. The molecule has 6 nitrogen and oxygen atoms in total. The van der Waals surface area contributed by atoms with Crippen LogP contribution in [-0.4, -0.2) is 38.0 Å². The minimum absolute atomic E-state index is 0.00329. The number of methoxy groups -OCH3 is 1. The Kier molecular flexibility index (Phi) is 4.05. The first-order valence-corrected chi connectivity index (χ1v) is 8.52. The molecule has 2 aromatic carbocycles. The van der Waals surface area contributed by atoms with Crippen molar-refractivity contribution >= 4 is 29.1 Å². The van der Waals surface area contributed by atoms with Crippen LogP contribution in [0.1, 0.15) is 32.7 Å². The van der Waals surface area contributed by atoms with Crippen LogP contribution >= 0.6 is 0 Å². The molecule has 0 saturated heterocycles. The number of aryl methyl sites for hydroxylation is 1. The average molecular weight is 350 g/mol. The van der Waals surface area contributed by atoms with Crippen molar-refractivity contribution in [3.05, 3.63) is 59.2 Å². The standard InChI is InChI=1S/C20H18N2O4/c1-26-12-18(23)21-10-4-5-13-8-9-14(11-17(13)21)22-19(24)15-6-2-3-7-16(15)20(22)25/h2-3,6-9,11H,4-5,10,12H2,1H3. The van der Waals surface area contributed by atoms with Gasteiger partial charge in [0.15, 0.2) is 0 Å². The SMILES string of the molecule is COCC(=O)N1CCCc2ccc(N3C(=O)c4ccccc4C3=O)cc21. The van der Waals surface area contributed by atoms with E-state index in [4.69, 9.17) is 4.74 Å². The summed E-state index contributed by atoms with van der Waals surface area (Å²) in [5.74, 6) is -0.805. The maximum Gasteiger partial charge on any atom is 0.266 e. The van der Waals surface area contributed by atoms with Crippen LogP contribution in [0.3, 0.4) is 0 Å². The normalized spacial score (nSPS) is 15.9. The molecule has 0 saturated carbocycles. The van der Waals surface area contributed by atoms with Crippen molar-refractivity contribution in [1.29, 1.82) is 0 Å². The summed E-state index contributed by atoms with van der Waals surface area (Å²) in [6.07, 6.45) is 1.73. The van der Waals surface area contributed by atoms with E-state index >= 15 is 0 Å². The molecule has 0 bridgehead atoms. The Bertz CT molecular complexity index is 887. The van der Waals surface area contributed by atoms with Crippen molar-refractivity contribution in [1.82, 2.24) is 0 Å². The number of fused-ring (bicyclic) bond motifs is 2. The Morgan fingerprint density at radius 1 is 1.08 bits per heavy atom. The lowest BCUT2D eigenvalue weighted by atomic mass is 10.0. The van der Waals surface area contributed by atoms with Gasteiger partial charge in [-0.15, -0.1) is 0 Å². The van der Waals surface area contributed by atoms with Crippen LogP contribution in [0.15, 0.2) is 42.5 Å². The second-order valence-corrected chi connectivity index (χ2v) is 6.39. The van der Waals surface area contributed by atoms with Crippen molar-refractivity contribution in [2.75, 3.05) is 30.1 Å². The van der Waals surface area contributed by atoms with Crippen molar-refractivity contribution in [3.63, 3.8) is 0 Å². The van der Waals surface area contributed by atoms with Crippen molar-refractivity contribution in [2.45, 2.75) is 12.8 Å². The molecule has 0 unspecified atom stereocenters. The largest absolute Gasteiger partial charge is 0.375 e. The molecule has 4 rings (SSSR count). The van der Waals surface area contributed by atoms with Gasteiger partial charge in [-0.25, -0.2) is 4.90 Å². The molecule has 132 valence electrons. The Labute approximate surface area is 151 Å². The number of carbonyl (C=O) groups excluding carboxylic acids is 3. The van der Waals surface area contributed by atoms with Crippen molar-refractivity contribution in [3.8, 4) is 0 Å². The third-order valence-electron chi connectivity index (χ3n) is 4.81. The van der Waals surface area contributed by atoms with Crippen LogP contribution in [0.2, 0.25) is 0 Å². The van der Waals surface area contributed by atoms with Crippen LogP contribution < -0.4 is 9.80 Å². The Hall–Kier alpha value is -2.99. The molecule has 2 aliphatic rings. The van der Waals surface area contributed by atoms with Gasteiger partial charge in [-0.2, -0.15) is 0 Å². The van der Waals surface area contributed by atoms with Gasteiger partial charge in [0.2, 0.25) is 0 Å². The van der Waals surface area contributed by atoms with E-state index in [0.717, 1.165) is 24.1 Å². The Balaban J connectivity index is 1.74. The van der Waals surface area contributed by atoms with E-state index in [2.05, 4.69) is 0 Å². The van der Waals surface area contributed by atoms with Gasteiger partial charge >= 0.3 is 0 Å². The molecule has 26 heavy (non-hydrogen) atoms. The summed E-state index contributed by atoms with van der Waals surface area (Å²) in [6.45, 7) is 0.595. The van der Waals surface area contributed by atoms with Gasteiger partial charge in [0.1, 0.15) is 6.61 Å². The first-order chi connectivity index (χ1) is 12.6. The number of anilines is 2. The molecule has 0 N–H and O–H groups in total. The molecule has 6 heteroatoms. The topological polar surface area (TPSA) is 66.9 Å². The van der Waals surface area contributed by atoms with Gasteiger partial charge in [-0.1, -0.05) is 18.2 Å². The first-order valence-electron chi connectivity index (χ1n) is 8.52. The molecule has 0 aromatic heterocycles. The van der Waals surface area contributed by atoms with Crippen LogP contribution in [0.25, 0.3) is 0 Å². The molecule has 2 heterocycles. The predicted molar refractivity (Wildman–Crippen MR) is 96.6 cm³/mol. The van der Waals surface area contributed by atoms with Crippen molar-refractivity contribution in [2.24, 2.45) is 0 Å². The molecule has 0 atom stereocenters. The highest BCUT2D eigenvalue weighted by atomic mass is 16.5. The smallest absolute Gasteiger partial charge is 0.266 e. The summed E-state index contributed by atoms with van der Waals surface area (Å²) >= 11 is 0. The molecule has 0 radical (unpaired) electrons. The number of hydrogen-bond acceptors (Lipinski definition) is 4. The number of carbonyl (C=O) groups is 3. The first kappa shape index (κ1) is 16.5.